The molecule has 0 aliphatic heterocycles. The molecule has 0 saturated carbocycles. The Morgan fingerprint density at radius 2 is 0.781 bits per heavy atom. The van der Waals surface area contributed by atoms with E-state index in [9.17, 15) is 0 Å². The van der Waals surface area contributed by atoms with Crippen molar-refractivity contribution in [1.29, 1.82) is 0 Å². The van der Waals surface area contributed by atoms with E-state index in [4.69, 9.17) is 0 Å². The molecule has 1 spiro atoms. The SMILES string of the molecule is c1ccc(-c2ccc(N(c3ccc(-c4cccc5c4ccc4ccccc45)cc3)c3cccc4c3-c3ccc(-c5ccccc5)cc3C43c4ccccc4-c4ccccc43)cc2)cc1. The van der Waals surface area contributed by atoms with Gasteiger partial charge in [0.1, 0.15) is 0 Å². The van der Waals surface area contributed by atoms with Gasteiger partial charge in [0, 0.05) is 16.9 Å². The zero-order valence-corrected chi connectivity index (χ0v) is 35.1. The first-order valence-corrected chi connectivity index (χ1v) is 22.3. The molecule has 11 aromatic rings. The molecule has 0 fully saturated rings. The molecule has 1 nitrogen and oxygen atoms in total. The maximum absolute atomic E-state index is 2.48. The Hall–Kier alpha value is -8.26. The molecular weight excluding hydrogens is 771 g/mol. The molecule has 0 saturated heterocycles. The van der Waals surface area contributed by atoms with Gasteiger partial charge in [0.05, 0.1) is 11.1 Å². The number of benzene rings is 11. The summed E-state index contributed by atoms with van der Waals surface area (Å²) in [6, 6.07) is 92.1. The van der Waals surface area contributed by atoms with Crippen molar-refractivity contribution in [2.24, 2.45) is 0 Å². The summed E-state index contributed by atoms with van der Waals surface area (Å²) >= 11 is 0. The van der Waals surface area contributed by atoms with Gasteiger partial charge < -0.3 is 4.90 Å². The van der Waals surface area contributed by atoms with Crippen LogP contribution in [0.1, 0.15) is 22.3 Å². The molecule has 0 heterocycles. The third-order valence-electron chi connectivity index (χ3n) is 13.9. The third kappa shape index (κ3) is 5.38. The van der Waals surface area contributed by atoms with Gasteiger partial charge in [-0.15, -0.1) is 0 Å². The maximum Gasteiger partial charge on any atom is 0.0726 e. The molecule has 0 amide bonds. The van der Waals surface area contributed by atoms with Crippen LogP contribution in [-0.4, -0.2) is 0 Å². The van der Waals surface area contributed by atoms with Crippen LogP contribution < -0.4 is 4.90 Å². The molecule has 1 heteroatoms. The maximum atomic E-state index is 2.48. The van der Waals surface area contributed by atoms with Crippen LogP contribution >= 0.6 is 0 Å². The Kier molecular flexibility index (Phi) is 8.20. The van der Waals surface area contributed by atoms with Crippen molar-refractivity contribution in [1.82, 2.24) is 0 Å². The standard InChI is InChI=1S/C63H41N/c1-3-15-42(16-4-1)44-29-35-48(36-30-44)64(49-37-31-46(32-38-49)51-23-13-24-52-50-20-8-7-19-45(50)33-39-53(51)52)61-28-14-27-59-62(61)56-40-34-47(43-17-5-2-6-18-43)41-60(56)63(59)57-25-11-9-21-54(57)55-22-10-12-26-58(55)63/h1-41H. The first-order chi connectivity index (χ1) is 31.8. The fraction of sp³-hybridized carbons (Fsp3) is 0.0159. The van der Waals surface area contributed by atoms with Crippen LogP contribution in [0, 0.1) is 0 Å². The molecule has 0 aromatic heterocycles. The molecule has 2 aliphatic carbocycles. The van der Waals surface area contributed by atoms with Gasteiger partial charge in [-0.25, -0.2) is 0 Å². The minimum absolute atomic E-state index is 0.496. The van der Waals surface area contributed by atoms with Crippen molar-refractivity contribution < 1.29 is 0 Å². The predicted octanol–water partition coefficient (Wildman–Crippen LogP) is 16.8. The lowest BCUT2D eigenvalue weighted by molar-refractivity contribution is 0.794. The van der Waals surface area contributed by atoms with Crippen molar-refractivity contribution >= 4 is 38.6 Å². The molecule has 0 bridgehead atoms. The van der Waals surface area contributed by atoms with Crippen LogP contribution in [0.4, 0.5) is 17.1 Å². The molecule has 0 radical (unpaired) electrons. The van der Waals surface area contributed by atoms with Gasteiger partial charge in [-0.05, 0) is 130 Å². The summed E-state index contributed by atoms with van der Waals surface area (Å²) in [4.78, 5) is 2.48. The zero-order valence-electron chi connectivity index (χ0n) is 35.1. The van der Waals surface area contributed by atoms with Crippen molar-refractivity contribution in [2.75, 3.05) is 4.90 Å². The van der Waals surface area contributed by atoms with E-state index in [1.807, 2.05) is 0 Å². The lowest BCUT2D eigenvalue weighted by atomic mass is 9.70. The second-order valence-corrected chi connectivity index (χ2v) is 17.1. The van der Waals surface area contributed by atoms with Crippen LogP contribution in [0.25, 0.3) is 77.2 Å². The summed E-state index contributed by atoms with van der Waals surface area (Å²) in [5.74, 6) is 0. The van der Waals surface area contributed by atoms with E-state index in [2.05, 4.69) is 254 Å². The van der Waals surface area contributed by atoms with E-state index in [0.717, 1.165) is 17.1 Å². The largest absolute Gasteiger partial charge is 0.310 e. The van der Waals surface area contributed by atoms with Crippen molar-refractivity contribution in [3.63, 3.8) is 0 Å². The van der Waals surface area contributed by atoms with Gasteiger partial charge >= 0.3 is 0 Å². The fourth-order valence-electron chi connectivity index (χ4n) is 11.1. The molecule has 64 heavy (non-hydrogen) atoms. The Morgan fingerprint density at radius 1 is 0.266 bits per heavy atom. The summed E-state index contributed by atoms with van der Waals surface area (Å²) in [5, 5.41) is 5.08. The lowest BCUT2D eigenvalue weighted by Gasteiger charge is -2.32. The van der Waals surface area contributed by atoms with Crippen molar-refractivity contribution in [3.05, 3.63) is 271 Å². The molecule has 2 aliphatic rings. The summed E-state index contributed by atoms with van der Waals surface area (Å²) in [5.41, 5.74) is 20.6. The first kappa shape index (κ1) is 36.4. The molecule has 0 N–H and O–H groups in total. The van der Waals surface area contributed by atoms with Crippen molar-refractivity contribution in [3.8, 4) is 55.6 Å². The zero-order chi connectivity index (χ0) is 42.2. The minimum atomic E-state index is -0.496. The number of hydrogen-bond donors (Lipinski definition) is 0. The number of nitrogens with zero attached hydrogens (tertiary/aromatic N) is 1. The third-order valence-corrected chi connectivity index (χ3v) is 13.9. The van der Waals surface area contributed by atoms with E-state index < -0.39 is 5.41 Å². The number of fused-ring (bicyclic) bond motifs is 13. The highest BCUT2D eigenvalue weighted by Crippen LogP contribution is 2.65. The van der Waals surface area contributed by atoms with Crippen molar-refractivity contribution in [2.45, 2.75) is 5.41 Å². The van der Waals surface area contributed by atoms with Gasteiger partial charge in [-0.1, -0.05) is 212 Å². The molecular formula is C63H41N. The second-order valence-electron chi connectivity index (χ2n) is 17.1. The monoisotopic (exact) mass is 811 g/mol. The Morgan fingerprint density at radius 3 is 1.48 bits per heavy atom. The van der Waals surface area contributed by atoms with Gasteiger partial charge in [0.15, 0.2) is 0 Å². The molecule has 298 valence electrons. The summed E-state index contributed by atoms with van der Waals surface area (Å²) in [6.07, 6.45) is 0. The van der Waals surface area contributed by atoms with Gasteiger partial charge in [0.25, 0.3) is 0 Å². The summed E-state index contributed by atoms with van der Waals surface area (Å²) in [6.45, 7) is 0. The van der Waals surface area contributed by atoms with E-state index in [0.29, 0.717) is 0 Å². The topological polar surface area (TPSA) is 3.24 Å². The minimum Gasteiger partial charge on any atom is -0.310 e. The average molecular weight is 812 g/mol. The van der Waals surface area contributed by atoms with Crippen LogP contribution in [0.15, 0.2) is 249 Å². The summed E-state index contributed by atoms with van der Waals surface area (Å²) in [7, 11) is 0. The Labute approximate surface area is 373 Å². The molecule has 13 rings (SSSR count). The van der Waals surface area contributed by atoms with Crippen LogP contribution in [0.2, 0.25) is 0 Å². The molecule has 11 aromatic carbocycles. The van der Waals surface area contributed by atoms with E-state index in [1.54, 1.807) is 0 Å². The Bertz CT molecular complexity index is 3540. The predicted molar refractivity (Wildman–Crippen MR) is 269 cm³/mol. The van der Waals surface area contributed by atoms with E-state index in [-0.39, 0.29) is 0 Å². The quantitative estimate of drug-likeness (QED) is 0.151. The van der Waals surface area contributed by atoms with Gasteiger partial charge in [-0.3, -0.25) is 0 Å². The lowest BCUT2D eigenvalue weighted by Crippen LogP contribution is -2.26. The fourth-order valence-corrected chi connectivity index (χ4v) is 11.1. The molecule has 0 unspecified atom stereocenters. The Balaban J connectivity index is 1.04. The molecule has 0 atom stereocenters. The van der Waals surface area contributed by atoms with Crippen LogP contribution in [0.3, 0.4) is 0 Å². The average Bonchev–Trinajstić information content (AvgIpc) is 3.85. The van der Waals surface area contributed by atoms with Gasteiger partial charge in [0.2, 0.25) is 0 Å². The van der Waals surface area contributed by atoms with Crippen LogP contribution in [0.5, 0.6) is 0 Å². The smallest absolute Gasteiger partial charge is 0.0726 e. The second kappa shape index (κ2) is 14.4. The first-order valence-electron chi connectivity index (χ1n) is 22.3. The van der Waals surface area contributed by atoms with E-state index >= 15 is 0 Å². The number of hydrogen-bond acceptors (Lipinski definition) is 1. The highest BCUT2D eigenvalue weighted by atomic mass is 15.1. The van der Waals surface area contributed by atoms with E-state index in [1.165, 1.54) is 99.4 Å². The highest BCUT2D eigenvalue weighted by molar-refractivity contribution is 6.12. The normalized spacial score (nSPS) is 12.8. The highest BCUT2D eigenvalue weighted by Gasteiger charge is 2.52. The number of anilines is 3. The summed E-state index contributed by atoms with van der Waals surface area (Å²) < 4.78 is 0. The van der Waals surface area contributed by atoms with Gasteiger partial charge in [-0.2, -0.15) is 0 Å². The number of rotatable bonds is 6. The van der Waals surface area contributed by atoms with Crippen LogP contribution in [-0.2, 0) is 5.41 Å².